The van der Waals surface area contributed by atoms with Crippen LogP contribution in [0.1, 0.15) is 16.7 Å². The van der Waals surface area contributed by atoms with Crippen LogP contribution in [0.2, 0.25) is 0 Å². The van der Waals surface area contributed by atoms with Crippen LogP contribution in [0, 0.1) is 11.8 Å². The predicted molar refractivity (Wildman–Crippen MR) is 94.6 cm³/mol. The summed E-state index contributed by atoms with van der Waals surface area (Å²) in [6.07, 6.45) is 1.46. The van der Waals surface area contributed by atoms with Crippen molar-refractivity contribution in [1.82, 2.24) is 0 Å². The molecule has 0 saturated carbocycles. The Hall–Kier alpha value is -2.61. The second kappa shape index (κ2) is 7.31. The molecule has 0 fully saturated rings. The van der Waals surface area contributed by atoms with Gasteiger partial charge < -0.3 is 15.7 Å². The normalized spacial score (nSPS) is 13.8. The highest BCUT2D eigenvalue weighted by Crippen LogP contribution is 2.30. The Bertz CT molecular complexity index is 790. The Morgan fingerprint density at radius 1 is 1.21 bits per heavy atom. The Balaban J connectivity index is 1.81. The summed E-state index contributed by atoms with van der Waals surface area (Å²) in [6, 6.07) is 15.0. The number of nitrogens with two attached hydrogens (primary N) is 1. The molecule has 0 saturated heterocycles. The van der Waals surface area contributed by atoms with Gasteiger partial charge in [-0.3, -0.25) is 4.79 Å². The van der Waals surface area contributed by atoms with Gasteiger partial charge in [-0.15, -0.1) is 0 Å². The second-order valence-electron chi connectivity index (χ2n) is 5.80. The number of rotatable bonds is 3. The topological polar surface area (TPSA) is 66.6 Å². The number of benzene rings is 2. The molecule has 0 spiro atoms. The smallest absolute Gasteiger partial charge is 0.246 e. The summed E-state index contributed by atoms with van der Waals surface area (Å²) in [7, 11) is 0. The molecule has 0 bridgehead atoms. The molecule has 1 heterocycles. The van der Waals surface area contributed by atoms with Gasteiger partial charge in [0.1, 0.15) is 6.04 Å². The number of anilines is 1. The highest BCUT2D eigenvalue weighted by atomic mass is 16.3. The molecule has 1 aliphatic heterocycles. The summed E-state index contributed by atoms with van der Waals surface area (Å²) in [5, 5.41) is 9.10. The molecule has 3 rings (SSSR count). The number of carbonyl (C=O) groups excluding carboxylic acids is 1. The van der Waals surface area contributed by atoms with Crippen LogP contribution in [-0.2, 0) is 17.6 Å². The molecule has 122 valence electrons. The molecule has 1 atom stereocenters. The third-order valence-electron chi connectivity index (χ3n) is 4.17. The van der Waals surface area contributed by atoms with Gasteiger partial charge in [-0.05, 0) is 29.7 Å². The number of nitrogens with zero attached hydrogens (tertiary/aromatic N) is 1. The quantitative estimate of drug-likeness (QED) is 0.842. The molecule has 3 N–H and O–H groups in total. The van der Waals surface area contributed by atoms with E-state index in [0.717, 1.165) is 23.2 Å². The minimum atomic E-state index is -0.872. The Kier molecular flexibility index (Phi) is 4.95. The fourth-order valence-corrected chi connectivity index (χ4v) is 2.90. The van der Waals surface area contributed by atoms with Crippen LogP contribution in [0.4, 0.5) is 5.69 Å². The van der Waals surface area contributed by atoms with Crippen LogP contribution >= 0.6 is 0 Å². The van der Waals surface area contributed by atoms with Crippen LogP contribution in [0.3, 0.4) is 0 Å². The average molecular weight is 320 g/mol. The molecular weight excluding hydrogens is 300 g/mol. The van der Waals surface area contributed by atoms with Crippen molar-refractivity contribution < 1.29 is 9.90 Å². The lowest BCUT2D eigenvalue weighted by atomic mass is 10.0. The van der Waals surface area contributed by atoms with Crippen molar-refractivity contribution in [3.05, 3.63) is 65.2 Å². The maximum Gasteiger partial charge on any atom is 0.246 e. The number of hydrogen-bond acceptors (Lipinski definition) is 3. The fraction of sp³-hybridized carbons (Fsp3) is 0.250. The summed E-state index contributed by atoms with van der Waals surface area (Å²) in [4.78, 5) is 13.9. The molecule has 24 heavy (non-hydrogen) atoms. The molecule has 4 nitrogen and oxygen atoms in total. The van der Waals surface area contributed by atoms with E-state index in [9.17, 15) is 4.79 Å². The molecule has 1 amide bonds. The van der Waals surface area contributed by atoms with Crippen LogP contribution in [0.15, 0.2) is 48.5 Å². The van der Waals surface area contributed by atoms with Crippen molar-refractivity contribution in [2.24, 2.45) is 5.73 Å². The van der Waals surface area contributed by atoms with Gasteiger partial charge in [0, 0.05) is 24.2 Å². The maximum absolute atomic E-state index is 12.3. The number of hydrogen-bond donors (Lipinski definition) is 2. The van der Waals surface area contributed by atoms with E-state index in [0.29, 0.717) is 13.0 Å². The van der Waals surface area contributed by atoms with E-state index in [1.807, 2.05) is 36.4 Å². The van der Waals surface area contributed by atoms with Gasteiger partial charge in [0.2, 0.25) is 5.91 Å². The molecular formula is C20H20N2O2. The molecule has 0 aliphatic carbocycles. The lowest BCUT2D eigenvalue weighted by Crippen LogP contribution is -2.45. The first kappa shape index (κ1) is 16.3. The van der Waals surface area contributed by atoms with E-state index in [1.54, 1.807) is 4.90 Å². The van der Waals surface area contributed by atoms with Crippen LogP contribution < -0.4 is 10.6 Å². The van der Waals surface area contributed by atoms with E-state index in [1.165, 1.54) is 5.56 Å². The van der Waals surface area contributed by atoms with Gasteiger partial charge >= 0.3 is 0 Å². The zero-order valence-electron chi connectivity index (χ0n) is 13.4. The summed E-state index contributed by atoms with van der Waals surface area (Å²) in [6.45, 7) is 0.237. The van der Waals surface area contributed by atoms with E-state index in [2.05, 4.69) is 24.0 Å². The van der Waals surface area contributed by atoms with Gasteiger partial charge in [0.15, 0.2) is 0 Å². The standard InChI is InChI=1S/C20H20N2O2/c21-18(14-23)20(24)22-13-12-17-16(10-5-11-19(17)22)9-4-8-15-6-2-1-3-7-15/h1-3,5-7,10-11,18,23H,8,12-14,21H2/t18-/m1/s1. The molecule has 0 unspecified atom stereocenters. The number of fused-ring (bicyclic) bond motifs is 1. The van der Waals surface area contributed by atoms with Crippen molar-refractivity contribution in [2.45, 2.75) is 18.9 Å². The minimum absolute atomic E-state index is 0.245. The van der Waals surface area contributed by atoms with Gasteiger partial charge in [0.25, 0.3) is 0 Å². The Morgan fingerprint density at radius 3 is 2.75 bits per heavy atom. The number of amides is 1. The van der Waals surface area contributed by atoms with Gasteiger partial charge in [-0.2, -0.15) is 0 Å². The Labute approximate surface area is 141 Å². The lowest BCUT2D eigenvalue weighted by molar-refractivity contribution is -0.120. The zero-order chi connectivity index (χ0) is 16.9. The summed E-state index contributed by atoms with van der Waals surface area (Å²) >= 11 is 0. The monoisotopic (exact) mass is 320 g/mol. The number of aliphatic hydroxyl groups is 1. The largest absolute Gasteiger partial charge is 0.394 e. The SMILES string of the molecule is N[C@H](CO)C(=O)N1CCc2c(C#CCc3ccccc3)cccc21. The Morgan fingerprint density at radius 2 is 2.00 bits per heavy atom. The fourth-order valence-electron chi connectivity index (χ4n) is 2.90. The van der Waals surface area contributed by atoms with Crippen molar-refractivity contribution in [3.8, 4) is 11.8 Å². The zero-order valence-corrected chi connectivity index (χ0v) is 13.4. The van der Waals surface area contributed by atoms with Crippen molar-refractivity contribution in [3.63, 3.8) is 0 Å². The van der Waals surface area contributed by atoms with E-state index >= 15 is 0 Å². The molecule has 2 aromatic rings. The van der Waals surface area contributed by atoms with Crippen LogP contribution in [0.5, 0.6) is 0 Å². The van der Waals surface area contributed by atoms with E-state index in [-0.39, 0.29) is 12.5 Å². The third-order valence-corrected chi connectivity index (χ3v) is 4.17. The first-order valence-corrected chi connectivity index (χ1v) is 8.03. The first-order chi connectivity index (χ1) is 11.7. The molecule has 1 aliphatic rings. The highest BCUT2D eigenvalue weighted by Gasteiger charge is 2.28. The summed E-state index contributed by atoms with van der Waals surface area (Å²) in [5.41, 5.74) is 9.74. The van der Waals surface area contributed by atoms with Gasteiger partial charge in [-0.25, -0.2) is 0 Å². The minimum Gasteiger partial charge on any atom is -0.394 e. The van der Waals surface area contributed by atoms with Crippen molar-refractivity contribution in [2.75, 3.05) is 18.1 Å². The molecule has 2 aromatic carbocycles. The average Bonchev–Trinajstić information content (AvgIpc) is 3.06. The highest BCUT2D eigenvalue weighted by molar-refractivity contribution is 5.99. The van der Waals surface area contributed by atoms with Crippen LogP contribution in [-0.4, -0.2) is 30.2 Å². The van der Waals surface area contributed by atoms with E-state index < -0.39 is 6.04 Å². The maximum atomic E-state index is 12.3. The van der Waals surface area contributed by atoms with Crippen molar-refractivity contribution >= 4 is 11.6 Å². The summed E-state index contributed by atoms with van der Waals surface area (Å²) in [5.74, 6) is 6.19. The first-order valence-electron chi connectivity index (χ1n) is 8.03. The lowest BCUT2D eigenvalue weighted by Gasteiger charge is -2.20. The number of aliphatic hydroxyl groups excluding tert-OH is 1. The molecule has 0 radical (unpaired) electrons. The number of carbonyl (C=O) groups is 1. The van der Waals surface area contributed by atoms with Gasteiger partial charge in [0.05, 0.1) is 6.61 Å². The third kappa shape index (κ3) is 3.33. The van der Waals surface area contributed by atoms with Crippen LogP contribution in [0.25, 0.3) is 0 Å². The molecule has 0 aromatic heterocycles. The van der Waals surface area contributed by atoms with Gasteiger partial charge in [-0.1, -0.05) is 48.2 Å². The molecule has 4 heteroatoms. The second-order valence-corrected chi connectivity index (χ2v) is 5.80. The summed E-state index contributed by atoms with van der Waals surface area (Å²) < 4.78 is 0. The van der Waals surface area contributed by atoms with E-state index in [4.69, 9.17) is 10.8 Å². The predicted octanol–water partition coefficient (Wildman–Crippen LogP) is 1.49. The van der Waals surface area contributed by atoms with Crippen molar-refractivity contribution in [1.29, 1.82) is 0 Å².